The number of aliphatic hydroxyl groups excluding tert-OH is 1. The summed E-state index contributed by atoms with van der Waals surface area (Å²) in [6.45, 7) is 1.91. The predicted octanol–water partition coefficient (Wildman–Crippen LogP) is 2.40. The van der Waals surface area contributed by atoms with Crippen molar-refractivity contribution >= 4 is 34.9 Å². The van der Waals surface area contributed by atoms with E-state index < -0.39 is 6.04 Å². The van der Waals surface area contributed by atoms with Crippen LogP contribution in [0.5, 0.6) is 0 Å². The van der Waals surface area contributed by atoms with Crippen LogP contribution in [0.25, 0.3) is 16.6 Å². The lowest BCUT2D eigenvalue weighted by Crippen LogP contribution is -2.36. The molecule has 3 aromatic rings. The Morgan fingerprint density at radius 1 is 1.32 bits per heavy atom. The van der Waals surface area contributed by atoms with Crippen molar-refractivity contribution < 1.29 is 9.90 Å². The number of nitrogens with zero attached hydrogens (tertiary/aromatic N) is 2. The van der Waals surface area contributed by atoms with Gasteiger partial charge in [-0.2, -0.15) is 5.10 Å². The standard InChI is InChI=1S/C18H20N4O2.ClH/c1-12-3-2-4-15(9-12)22-17-10-14(6-5-13(17)11-20-22)21-18(24)16(19)7-8-23;/h2-6,9-11,16,23H,7-8,19H2,1H3,(H,21,24);1H. The maximum Gasteiger partial charge on any atom is 0.241 e. The largest absolute Gasteiger partial charge is 0.396 e. The van der Waals surface area contributed by atoms with Gasteiger partial charge in [-0.25, -0.2) is 4.68 Å². The van der Waals surface area contributed by atoms with Gasteiger partial charge in [0, 0.05) is 17.7 Å². The Labute approximate surface area is 152 Å². The minimum atomic E-state index is -0.729. The maximum atomic E-state index is 12.0. The summed E-state index contributed by atoms with van der Waals surface area (Å²) in [6, 6.07) is 12.9. The van der Waals surface area contributed by atoms with E-state index in [9.17, 15) is 4.79 Å². The van der Waals surface area contributed by atoms with Gasteiger partial charge in [0.05, 0.1) is 23.4 Å². The number of fused-ring (bicyclic) bond motifs is 1. The first kappa shape index (κ1) is 18.9. The number of carbonyl (C=O) groups is 1. The third-order valence-corrected chi connectivity index (χ3v) is 3.86. The maximum absolute atomic E-state index is 12.0. The Morgan fingerprint density at radius 2 is 2.12 bits per heavy atom. The number of hydrogen-bond donors (Lipinski definition) is 3. The van der Waals surface area contributed by atoms with Crippen LogP contribution < -0.4 is 11.1 Å². The molecule has 0 aliphatic heterocycles. The molecule has 132 valence electrons. The van der Waals surface area contributed by atoms with E-state index in [4.69, 9.17) is 10.8 Å². The molecular weight excluding hydrogens is 340 g/mol. The quantitative estimate of drug-likeness (QED) is 0.651. The highest BCUT2D eigenvalue weighted by Crippen LogP contribution is 2.22. The van der Waals surface area contributed by atoms with Crippen LogP contribution >= 0.6 is 12.4 Å². The lowest BCUT2D eigenvalue weighted by molar-refractivity contribution is -0.117. The van der Waals surface area contributed by atoms with Crippen molar-refractivity contribution in [2.24, 2.45) is 5.73 Å². The van der Waals surface area contributed by atoms with E-state index in [0.717, 1.165) is 22.2 Å². The first-order valence-electron chi connectivity index (χ1n) is 7.80. The van der Waals surface area contributed by atoms with E-state index >= 15 is 0 Å². The zero-order chi connectivity index (χ0) is 17.1. The Hall–Kier alpha value is -2.41. The van der Waals surface area contributed by atoms with Gasteiger partial charge in [0.25, 0.3) is 0 Å². The summed E-state index contributed by atoms with van der Waals surface area (Å²) in [6.07, 6.45) is 2.02. The van der Waals surface area contributed by atoms with Crippen molar-refractivity contribution in [3.8, 4) is 5.69 Å². The Morgan fingerprint density at radius 3 is 2.84 bits per heavy atom. The molecule has 0 aliphatic carbocycles. The van der Waals surface area contributed by atoms with Crippen molar-refractivity contribution in [2.75, 3.05) is 11.9 Å². The van der Waals surface area contributed by atoms with E-state index in [1.54, 1.807) is 6.20 Å². The third kappa shape index (κ3) is 4.17. The molecule has 1 heterocycles. The summed E-state index contributed by atoms with van der Waals surface area (Å²) < 4.78 is 1.84. The lowest BCUT2D eigenvalue weighted by atomic mass is 10.2. The third-order valence-electron chi connectivity index (χ3n) is 3.86. The molecule has 1 unspecified atom stereocenters. The molecule has 25 heavy (non-hydrogen) atoms. The van der Waals surface area contributed by atoms with Crippen molar-refractivity contribution in [2.45, 2.75) is 19.4 Å². The van der Waals surface area contributed by atoms with E-state index in [-0.39, 0.29) is 31.3 Å². The van der Waals surface area contributed by atoms with Gasteiger partial charge in [-0.15, -0.1) is 12.4 Å². The molecule has 0 fully saturated rings. The van der Waals surface area contributed by atoms with Crippen molar-refractivity contribution in [3.05, 3.63) is 54.2 Å². The van der Waals surface area contributed by atoms with Gasteiger partial charge in [0.2, 0.25) is 5.91 Å². The number of aromatic nitrogens is 2. The fourth-order valence-corrected chi connectivity index (χ4v) is 2.57. The van der Waals surface area contributed by atoms with Gasteiger partial charge < -0.3 is 16.2 Å². The smallest absolute Gasteiger partial charge is 0.241 e. The molecule has 0 radical (unpaired) electrons. The second kappa shape index (κ2) is 8.11. The van der Waals surface area contributed by atoms with Crippen LogP contribution in [0.4, 0.5) is 5.69 Å². The van der Waals surface area contributed by atoms with Gasteiger partial charge in [-0.3, -0.25) is 4.79 Å². The minimum Gasteiger partial charge on any atom is -0.396 e. The molecule has 1 amide bonds. The molecule has 0 aliphatic rings. The van der Waals surface area contributed by atoms with E-state index in [0.29, 0.717) is 5.69 Å². The van der Waals surface area contributed by atoms with Crippen molar-refractivity contribution in [3.63, 3.8) is 0 Å². The number of nitrogens with two attached hydrogens (primary N) is 1. The second-order valence-corrected chi connectivity index (χ2v) is 5.78. The number of rotatable bonds is 5. The highest BCUT2D eigenvalue weighted by molar-refractivity contribution is 5.96. The Kier molecular flexibility index (Phi) is 6.14. The first-order valence-corrected chi connectivity index (χ1v) is 7.80. The van der Waals surface area contributed by atoms with Crippen LogP contribution in [-0.4, -0.2) is 33.4 Å². The van der Waals surface area contributed by atoms with Gasteiger partial charge in [0.1, 0.15) is 0 Å². The van der Waals surface area contributed by atoms with Crippen LogP contribution in [-0.2, 0) is 4.79 Å². The molecular formula is C18H21ClN4O2. The molecule has 0 saturated heterocycles. The molecule has 1 atom stereocenters. The lowest BCUT2D eigenvalue weighted by Gasteiger charge is -2.11. The summed E-state index contributed by atoms with van der Waals surface area (Å²) >= 11 is 0. The normalized spacial score (nSPS) is 11.8. The summed E-state index contributed by atoms with van der Waals surface area (Å²) in [5, 5.41) is 17.1. The van der Waals surface area contributed by atoms with Gasteiger partial charge in [0.15, 0.2) is 0 Å². The number of carbonyl (C=O) groups excluding carboxylic acids is 1. The van der Waals surface area contributed by atoms with Crippen molar-refractivity contribution in [1.82, 2.24) is 9.78 Å². The SMILES string of the molecule is Cc1cccc(-n2ncc3ccc(NC(=O)C(N)CCO)cc32)c1.Cl. The second-order valence-electron chi connectivity index (χ2n) is 5.78. The van der Waals surface area contributed by atoms with Gasteiger partial charge >= 0.3 is 0 Å². The molecule has 2 aromatic carbocycles. The Bertz CT molecular complexity index is 878. The van der Waals surface area contributed by atoms with Crippen LogP contribution in [0.1, 0.15) is 12.0 Å². The monoisotopic (exact) mass is 360 g/mol. The fraction of sp³-hybridized carbons (Fsp3) is 0.222. The number of anilines is 1. The van der Waals surface area contributed by atoms with Crippen molar-refractivity contribution in [1.29, 1.82) is 0 Å². The first-order chi connectivity index (χ1) is 11.6. The topological polar surface area (TPSA) is 93.2 Å². The number of nitrogens with one attached hydrogen (secondary N) is 1. The summed E-state index contributed by atoms with van der Waals surface area (Å²) in [4.78, 5) is 12.0. The summed E-state index contributed by atoms with van der Waals surface area (Å²) in [5.74, 6) is -0.315. The average Bonchev–Trinajstić information content (AvgIpc) is 2.98. The van der Waals surface area contributed by atoms with E-state index in [1.165, 1.54) is 0 Å². The number of hydrogen-bond acceptors (Lipinski definition) is 4. The molecule has 6 nitrogen and oxygen atoms in total. The fourth-order valence-electron chi connectivity index (χ4n) is 2.57. The number of benzene rings is 2. The van der Waals surface area contributed by atoms with Crippen LogP contribution in [0.3, 0.4) is 0 Å². The van der Waals surface area contributed by atoms with Crippen LogP contribution in [0.2, 0.25) is 0 Å². The molecule has 7 heteroatoms. The summed E-state index contributed by atoms with van der Waals surface area (Å²) in [5.41, 5.74) is 9.37. The van der Waals surface area contributed by atoms with E-state index in [1.807, 2.05) is 48.0 Å². The molecule has 0 spiro atoms. The molecule has 3 rings (SSSR count). The predicted molar refractivity (Wildman–Crippen MR) is 101 cm³/mol. The highest BCUT2D eigenvalue weighted by atomic mass is 35.5. The van der Waals surface area contributed by atoms with Gasteiger partial charge in [-0.1, -0.05) is 12.1 Å². The van der Waals surface area contributed by atoms with Gasteiger partial charge in [-0.05, 0) is 49.2 Å². The molecule has 0 saturated carbocycles. The zero-order valence-corrected chi connectivity index (χ0v) is 14.7. The number of halogens is 1. The number of aryl methyl sites for hydroxylation is 1. The average molecular weight is 361 g/mol. The molecule has 0 bridgehead atoms. The summed E-state index contributed by atoms with van der Waals surface area (Å²) in [7, 11) is 0. The Balaban J connectivity index is 0.00000225. The molecule has 4 N–H and O–H groups in total. The van der Waals surface area contributed by atoms with Crippen LogP contribution in [0.15, 0.2) is 48.7 Å². The highest BCUT2D eigenvalue weighted by Gasteiger charge is 2.13. The number of amides is 1. The minimum absolute atomic E-state index is 0. The molecule has 1 aromatic heterocycles. The number of aliphatic hydroxyl groups is 1. The zero-order valence-electron chi connectivity index (χ0n) is 13.8. The van der Waals surface area contributed by atoms with E-state index in [2.05, 4.69) is 16.5 Å². The van der Waals surface area contributed by atoms with Crippen LogP contribution in [0, 0.1) is 6.92 Å².